The standard InChI is InChI=1S/C34H49N/c1-22(2)9-8-10-23(3)28-15-16-29-27-14-13-26-20-32-25(19-24-11-6-7-12-31(24)35-32)21-34(26,5)30(27)17-18-33(28,29)4/h6-7,11-12,19,22-23,26-30H,8-10,13-18,20-21H2,1-5H3/t23-,26+,27+,28-,29+,30+,33-,34+/m1/s1. The van der Waals surface area contributed by atoms with Gasteiger partial charge in [0.1, 0.15) is 0 Å². The zero-order valence-electron chi connectivity index (χ0n) is 23.2. The Morgan fingerprint density at radius 2 is 1.71 bits per heavy atom. The Morgan fingerprint density at radius 1 is 0.914 bits per heavy atom. The molecule has 0 aliphatic heterocycles. The van der Waals surface area contributed by atoms with Gasteiger partial charge in [-0.15, -0.1) is 0 Å². The van der Waals surface area contributed by atoms with Gasteiger partial charge in [-0.2, -0.15) is 0 Å². The van der Waals surface area contributed by atoms with Gasteiger partial charge in [0.25, 0.3) is 0 Å². The fourth-order valence-corrected chi connectivity index (χ4v) is 10.3. The van der Waals surface area contributed by atoms with E-state index in [0.29, 0.717) is 10.8 Å². The van der Waals surface area contributed by atoms with E-state index in [-0.39, 0.29) is 0 Å². The Balaban J connectivity index is 1.23. The van der Waals surface area contributed by atoms with Crippen LogP contribution in [0.15, 0.2) is 30.3 Å². The van der Waals surface area contributed by atoms with Crippen LogP contribution in [0.1, 0.15) is 104 Å². The van der Waals surface area contributed by atoms with Crippen LogP contribution < -0.4 is 0 Å². The van der Waals surface area contributed by atoms with Crippen molar-refractivity contribution in [3.05, 3.63) is 41.6 Å². The average molecular weight is 472 g/mol. The molecular formula is C34H49N. The van der Waals surface area contributed by atoms with Gasteiger partial charge < -0.3 is 0 Å². The van der Waals surface area contributed by atoms with E-state index in [1.54, 1.807) is 5.56 Å². The Labute approximate surface area is 214 Å². The van der Waals surface area contributed by atoms with Crippen molar-refractivity contribution in [3.63, 3.8) is 0 Å². The Bertz CT molecular complexity index is 1070. The largest absolute Gasteiger partial charge is 0.253 e. The first-order valence-electron chi connectivity index (χ1n) is 15.2. The highest BCUT2D eigenvalue weighted by molar-refractivity contribution is 5.79. The van der Waals surface area contributed by atoms with Crippen LogP contribution in [0, 0.1) is 52.3 Å². The molecular weight excluding hydrogens is 422 g/mol. The zero-order valence-corrected chi connectivity index (χ0v) is 23.2. The van der Waals surface area contributed by atoms with Gasteiger partial charge in [-0.3, -0.25) is 4.98 Å². The van der Waals surface area contributed by atoms with E-state index in [1.807, 2.05) is 0 Å². The molecule has 1 heterocycles. The molecule has 0 N–H and O–H groups in total. The summed E-state index contributed by atoms with van der Waals surface area (Å²) in [6, 6.07) is 11.3. The third kappa shape index (κ3) is 3.90. The summed E-state index contributed by atoms with van der Waals surface area (Å²) in [6.45, 7) is 12.8. The highest BCUT2D eigenvalue weighted by atomic mass is 14.7. The molecule has 0 amide bonds. The van der Waals surface area contributed by atoms with Gasteiger partial charge in [0.05, 0.1) is 5.52 Å². The van der Waals surface area contributed by atoms with Gasteiger partial charge in [-0.05, 0) is 121 Å². The van der Waals surface area contributed by atoms with Crippen molar-refractivity contribution in [2.75, 3.05) is 0 Å². The first kappa shape index (κ1) is 24.0. The van der Waals surface area contributed by atoms with Crippen LogP contribution in [0.4, 0.5) is 0 Å². The molecule has 0 saturated heterocycles. The summed E-state index contributed by atoms with van der Waals surface area (Å²) in [5.41, 5.74) is 5.26. The van der Waals surface area contributed by atoms with E-state index in [2.05, 4.69) is 65.0 Å². The molecule has 4 aliphatic carbocycles. The molecule has 190 valence electrons. The molecule has 4 aliphatic rings. The molecule has 8 atom stereocenters. The van der Waals surface area contributed by atoms with Crippen LogP contribution in [0.5, 0.6) is 0 Å². The van der Waals surface area contributed by atoms with Crippen molar-refractivity contribution in [2.45, 2.75) is 105 Å². The lowest BCUT2D eigenvalue weighted by molar-refractivity contribution is -0.103. The molecule has 3 saturated carbocycles. The molecule has 0 spiro atoms. The second-order valence-electron chi connectivity index (χ2n) is 14.4. The number of rotatable bonds is 5. The third-order valence-corrected chi connectivity index (χ3v) is 12.2. The second-order valence-corrected chi connectivity index (χ2v) is 14.4. The maximum Gasteiger partial charge on any atom is 0.0705 e. The number of hydrogen-bond donors (Lipinski definition) is 0. The van der Waals surface area contributed by atoms with Crippen molar-refractivity contribution >= 4 is 10.9 Å². The molecule has 6 rings (SSSR count). The average Bonchev–Trinajstić information content (AvgIpc) is 3.18. The van der Waals surface area contributed by atoms with Crippen LogP contribution in [0.3, 0.4) is 0 Å². The number of pyridine rings is 1. The summed E-state index contributed by atoms with van der Waals surface area (Å²) in [5, 5.41) is 1.34. The number of nitrogens with zero attached hydrogens (tertiary/aromatic N) is 1. The minimum absolute atomic E-state index is 0.475. The van der Waals surface area contributed by atoms with Crippen molar-refractivity contribution in [2.24, 2.45) is 52.3 Å². The van der Waals surface area contributed by atoms with Gasteiger partial charge in [0, 0.05) is 11.1 Å². The highest BCUT2D eigenvalue weighted by Crippen LogP contribution is 2.68. The minimum Gasteiger partial charge on any atom is -0.253 e. The number of para-hydroxylation sites is 1. The normalized spacial score (nSPS) is 39.1. The maximum atomic E-state index is 5.17. The summed E-state index contributed by atoms with van der Waals surface area (Å²) in [6.07, 6.45) is 15.7. The molecule has 0 bridgehead atoms. The summed E-state index contributed by atoms with van der Waals surface area (Å²) in [5.74, 6) is 6.44. The number of aromatic nitrogens is 1. The van der Waals surface area contributed by atoms with Gasteiger partial charge in [0.2, 0.25) is 0 Å². The van der Waals surface area contributed by atoms with E-state index >= 15 is 0 Å². The van der Waals surface area contributed by atoms with E-state index in [9.17, 15) is 0 Å². The van der Waals surface area contributed by atoms with Crippen molar-refractivity contribution in [3.8, 4) is 0 Å². The summed E-state index contributed by atoms with van der Waals surface area (Å²) >= 11 is 0. The third-order valence-electron chi connectivity index (χ3n) is 12.2. The SMILES string of the molecule is CC(C)CCC[C@@H](C)[C@H]1CC[C@H]2[C@@H]3CC[C@H]4Cc5nc6ccccc6cc5C[C@]4(C)[C@H]3CC[C@]12C. The maximum absolute atomic E-state index is 5.17. The summed E-state index contributed by atoms with van der Waals surface area (Å²) < 4.78 is 0. The lowest BCUT2D eigenvalue weighted by Gasteiger charge is -2.60. The molecule has 1 aromatic carbocycles. The van der Waals surface area contributed by atoms with Crippen LogP contribution in [0.2, 0.25) is 0 Å². The fourth-order valence-electron chi connectivity index (χ4n) is 10.3. The quantitative estimate of drug-likeness (QED) is 0.423. The number of fused-ring (bicyclic) bond motifs is 7. The smallest absolute Gasteiger partial charge is 0.0705 e. The van der Waals surface area contributed by atoms with Crippen LogP contribution in [0.25, 0.3) is 10.9 Å². The monoisotopic (exact) mass is 471 g/mol. The summed E-state index contributed by atoms with van der Waals surface area (Å²) in [7, 11) is 0. The van der Waals surface area contributed by atoms with E-state index < -0.39 is 0 Å². The lowest BCUT2D eigenvalue weighted by Crippen LogP contribution is -2.54. The topological polar surface area (TPSA) is 12.9 Å². The van der Waals surface area contributed by atoms with Crippen LogP contribution in [-0.4, -0.2) is 4.98 Å². The molecule has 2 aromatic rings. The lowest BCUT2D eigenvalue weighted by atomic mass is 9.44. The van der Waals surface area contributed by atoms with E-state index in [4.69, 9.17) is 4.98 Å². The van der Waals surface area contributed by atoms with Crippen LogP contribution >= 0.6 is 0 Å². The zero-order chi connectivity index (χ0) is 24.4. The predicted molar refractivity (Wildman–Crippen MR) is 148 cm³/mol. The van der Waals surface area contributed by atoms with E-state index in [0.717, 1.165) is 41.4 Å². The molecule has 1 nitrogen and oxygen atoms in total. The Kier molecular flexibility index (Phi) is 6.09. The molecule has 3 fully saturated rings. The molecule has 1 heteroatoms. The minimum atomic E-state index is 0.475. The first-order chi connectivity index (χ1) is 16.8. The van der Waals surface area contributed by atoms with Crippen molar-refractivity contribution < 1.29 is 0 Å². The molecule has 1 aromatic heterocycles. The van der Waals surface area contributed by atoms with Crippen molar-refractivity contribution in [1.82, 2.24) is 4.98 Å². The number of benzene rings is 1. The Hall–Kier alpha value is -1.37. The molecule has 0 unspecified atom stereocenters. The van der Waals surface area contributed by atoms with Gasteiger partial charge in [-0.1, -0.05) is 72.1 Å². The van der Waals surface area contributed by atoms with Crippen LogP contribution in [-0.2, 0) is 12.8 Å². The van der Waals surface area contributed by atoms with Gasteiger partial charge in [0.15, 0.2) is 0 Å². The van der Waals surface area contributed by atoms with E-state index in [1.165, 1.54) is 87.2 Å². The molecule has 0 radical (unpaired) electrons. The fraction of sp³-hybridized carbons (Fsp3) is 0.735. The second kappa shape index (κ2) is 8.88. The highest BCUT2D eigenvalue weighted by Gasteiger charge is 2.60. The Morgan fingerprint density at radius 3 is 2.54 bits per heavy atom. The first-order valence-corrected chi connectivity index (χ1v) is 15.2. The van der Waals surface area contributed by atoms with Gasteiger partial charge in [-0.25, -0.2) is 0 Å². The van der Waals surface area contributed by atoms with Gasteiger partial charge >= 0.3 is 0 Å². The van der Waals surface area contributed by atoms with Crippen molar-refractivity contribution in [1.29, 1.82) is 0 Å². The number of hydrogen-bond acceptors (Lipinski definition) is 1. The predicted octanol–water partition coefficient (Wildman–Crippen LogP) is 9.27. The summed E-state index contributed by atoms with van der Waals surface area (Å²) in [4.78, 5) is 5.17. The molecule has 35 heavy (non-hydrogen) atoms.